The van der Waals surface area contributed by atoms with Gasteiger partial charge in [-0.1, -0.05) is 45.9 Å². The zero-order valence-electron chi connectivity index (χ0n) is 10.1. The van der Waals surface area contributed by atoms with Crippen molar-refractivity contribution in [2.45, 2.75) is 16.6 Å². The van der Waals surface area contributed by atoms with E-state index in [0.29, 0.717) is 6.54 Å². The average molecular weight is 334 g/mol. The van der Waals surface area contributed by atoms with E-state index in [0.717, 1.165) is 31.1 Å². The molecule has 19 heavy (non-hydrogen) atoms. The number of halogens is 1. The second kappa shape index (κ2) is 5.36. The van der Waals surface area contributed by atoms with Crippen molar-refractivity contribution in [3.05, 3.63) is 52.5 Å². The molecule has 96 valence electrons. The van der Waals surface area contributed by atoms with Gasteiger partial charge in [-0.05, 0) is 29.8 Å². The van der Waals surface area contributed by atoms with Gasteiger partial charge in [0.2, 0.25) is 0 Å². The van der Waals surface area contributed by atoms with Crippen LogP contribution in [0.25, 0.3) is 11.0 Å². The molecule has 3 rings (SSSR count). The van der Waals surface area contributed by atoms with E-state index in [-0.39, 0.29) is 0 Å². The first kappa shape index (κ1) is 12.7. The van der Waals surface area contributed by atoms with Crippen LogP contribution in [0.5, 0.6) is 0 Å². The Balaban J connectivity index is 1.98. The first-order valence-electron chi connectivity index (χ1n) is 5.87. The number of hydrogen-bond acceptors (Lipinski definition) is 3. The normalized spacial score (nSPS) is 11.1. The summed E-state index contributed by atoms with van der Waals surface area (Å²) in [4.78, 5) is 9.00. The van der Waals surface area contributed by atoms with Gasteiger partial charge in [0.1, 0.15) is 0 Å². The summed E-state index contributed by atoms with van der Waals surface area (Å²) in [5.74, 6) is 0. The Bertz CT molecular complexity index is 691. The van der Waals surface area contributed by atoms with E-state index < -0.39 is 0 Å². The van der Waals surface area contributed by atoms with E-state index >= 15 is 0 Å². The molecule has 0 saturated carbocycles. The molecule has 0 atom stereocenters. The Kier molecular flexibility index (Phi) is 3.59. The minimum absolute atomic E-state index is 0.524. The number of rotatable bonds is 3. The number of aromatic amines is 1. The SMILES string of the molecule is NCc1ccc(Br)cc1Sc1nc2ccccc2[nH]1. The van der Waals surface area contributed by atoms with Crippen molar-refractivity contribution in [1.82, 2.24) is 9.97 Å². The standard InChI is InChI=1S/C14H12BrN3S/c15-10-6-5-9(8-16)13(7-10)19-14-17-11-3-1-2-4-12(11)18-14/h1-7H,8,16H2,(H,17,18). The van der Waals surface area contributed by atoms with Gasteiger partial charge < -0.3 is 10.7 Å². The number of imidazole rings is 1. The summed E-state index contributed by atoms with van der Waals surface area (Å²) in [7, 11) is 0. The fraction of sp³-hybridized carbons (Fsp3) is 0.0714. The molecular weight excluding hydrogens is 322 g/mol. The fourth-order valence-electron chi connectivity index (χ4n) is 1.87. The highest BCUT2D eigenvalue weighted by atomic mass is 79.9. The quantitative estimate of drug-likeness (QED) is 0.763. The summed E-state index contributed by atoms with van der Waals surface area (Å²) in [5, 5.41) is 0.883. The van der Waals surface area contributed by atoms with Crippen molar-refractivity contribution < 1.29 is 0 Å². The maximum atomic E-state index is 5.77. The van der Waals surface area contributed by atoms with E-state index in [4.69, 9.17) is 5.73 Å². The molecule has 0 saturated heterocycles. The van der Waals surface area contributed by atoms with Crippen LogP contribution in [0, 0.1) is 0 Å². The van der Waals surface area contributed by atoms with Crippen LogP contribution in [0.4, 0.5) is 0 Å². The number of nitrogens with two attached hydrogens (primary N) is 1. The number of aromatic nitrogens is 2. The number of benzene rings is 2. The van der Waals surface area contributed by atoms with E-state index in [9.17, 15) is 0 Å². The lowest BCUT2D eigenvalue weighted by Gasteiger charge is -2.05. The Labute approximate surface area is 123 Å². The van der Waals surface area contributed by atoms with Crippen molar-refractivity contribution in [3.63, 3.8) is 0 Å². The monoisotopic (exact) mass is 333 g/mol. The third kappa shape index (κ3) is 2.68. The molecule has 3 nitrogen and oxygen atoms in total. The number of para-hydroxylation sites is 2. The summed E-state index contributed by atoms with van der Waals surface area (Å²) >= 11 is 5.09. The first-order chi connectivity index (χ1) is 9.26. The second-order valence-electron chi connectivity index (χ2n) is 4.12. The van der Waals surface area contributed by atoms with Gasteiger partial charge in [-0.25, -0.2) is 4.98 Å². The van der Waals surface area contributed by atoms with Crippen molar-refractivity contribution in [3.8, 4) is 0 Å². The molecule has 1 heterocycles. The molecule has 0 aliphatic rings. The van der Waals surface area contributed by atoms with Crippen LogP contribution in [0.15, 0.2) is 57.0 Å². The Morgan fingerprint density at radius 3 is 2.84 bits per heavy atom. The molecule has 0 unspecified atom stereocenters. The van der Waals surface area contributed by atoms with E-state index in [1.807, 2.05) is 36.4 Å². The number of nitrogens with one attached hydrogen (secondary N) is 1. The van der Waals surface area contributed by atoms with Crippen LogP contribution < -0.4 is 5.73 Å². The van der Waals surface area contributed by atoms with Gasteiger partial charge in [0.15, 0.2) is 5.16 Å². The third-order valence-electron chi connectivity index (χ3n) is 2.82. The molecule has 3 aromatic rings. The molecular formula is C14H12BrN3S. The van der Waals surface area contributed by atoms with E-state index in [1.165, 1.54) is 0 Å². The Morgan fingerprint density at radius 2 is 2.05 bits per heavy atom. The highest BCUT2D eigenvalue weighted by Gasteiger charge is 2.08. The average Bonchev–Trinajstić information content (AvgIpc) is 2.81. The fourth-order valence-corrected chi connectivity index (χ4v) is 3.37. The molecule has 2 aromatic carbocycles. The Morgan fingerprint density at radius 1 is 1.21 bits per heavy atom. The van der Waals surface area contributed by atoms with Crippen molar-refractivity contribution in [1.29, 1.82) is 0 Å². The second-order valence-corrected chi connectivity index (χ2v) is 6.06. The van der Waals surface area contributed by atoms with Gasteiger partial charge in [0.25, 0.3) is 0 Å². The van der Waals surface area contributed by atoms with Crippen molar-refractivity contribution in [2.24, 2.45) is 5.73 Å². The Hall–Kier alpha value is -1.30. The predicted molar refractivity (Wildman–Crippen MR) is 82.3 cm³/mol. The molecule has 0 aliphatic carbocycles. The van der Waals surface area contributed by atoms with Crippen LogP contribution in [0.3, 0.4) is 0 Å². The molecule has 0 radical (unpaired) electrons. The van der Waals surface area contributed by atoms with Crippen molar-refractivity contribution in [2.75, 3.05) is 0 Å². The molecule has 1 aromatic heterocycles. The molecule has 0 aliphatic heterocycles. The summed E-state index contributed by atoms with van der Waals surface area (Å²) < 4.78 is 1.04. The maximum absolute atomic E-state index is 5.77. The number of H-pyrrole nitrogens is 1. The smallest absolute Gasteiger partial charge is 0.171 e. The van der Waals surface area contributed by atoms with Crippen LogP contribution in [0.1, 0.15) is 5.56 Å². The van der Waals surface area contributed by atoms with Gasteiger partial charge >= 0.3 is 0 Å². The van der Waals surface area contributed by atoms with E-state index in [2.05, 4.69) is 32.0 Å². The van der Waals surface area contributed by atoms with Crippen LogP contribution in [-0.4, -0.2) is 9.97 Å². The van der Waals surface area contributed by atoms with Gasteiger partial charge in [-0.2, -0.15) is 0 Å². The third-order valence-corrected chi connectivity index (χ3v) is 4.30. The summed E-state index contributed by atoms with van der Waals surface area (Å²) in [6.07, 6.45) is 0. The van der Waals surface area contributed by atoms with Crippen molar-refractivity contribution >= 4 is 38.7 Å². The van der Waals surface area contributed by atoms with Crippen LogP contribution in [0.2, 0.25) is 0 Å². The van der Waals surface area contributed by atoms with E-state index in [1.54, 1.807) is 11.8 Å². The predicted octanol–water partition coefficient (Wildman–Crippen LogP) is 3.94. The minimum Gasteiger partial charge on any atom is -0.333 e. The van der Waals surface area contributed by atoms with Gasteiger partial charge in [-0.3, -0.25) is 0 Å². The lowest BCUT2D eigenvalue weighted by atomic mass is 10.2. The molecule has 3 N–H and O–H groups in total. The highest BCUT2D eigenvalue weighted by molar-refractivity contribution is 9.10. The number of hydrogen-bond donors (Lipinski definition) is 2. The minimum atomic E-state index is 0.524. The van der Waals surface area contributed by atoms with Crippen LogP contribution >= 0.6 is 27.7 Å². The number of fused-ring (bicyclic) bond motifs is 1. The topological polar surface area (TPSA) is 54.7 Å². The van der Waals surface area contributed by atoms with Gasteiger partial charge in [0, 0.05) is 15.9 Å². The largest absolute Gasteiger partial charge is 0.333 e. The lowest BCUT2D eigenvalue weighted by Crippen LogP contribution is -1.98. The molecule has 5 heteroatoms. The van der Waals surface area contributed by atoms with Crippen LogP contribution in [-0.2, 0) is 6.54 Å². The van der Waals surface area contributed by atoms with Gasteiger partial charge in [-0.15, -0.1) is 0 Å². The zero-order valence-corrected chi connectivity index (χ0v) is 12.5. The zero-order chi connectivity index (χ0) is 13.2. The summed E-state index contributed by atoms with van der Waals surface area (Å²) in [6.45, 7) is 0.524. The van der Waals surface area contributed by atoms with Gasteiger partial charge in [0.05, 0.1) is 11.0 Å². The lowest BCUT2D eigenvalue weighted by molar-refractivity contribution is 1.01. The summed E-state index contributed by atoms with van der Waals surface area (Å²) in [5.41, 5.74) is 8.92. The molecule has 0 spiro atoms. The number of nitrogens with zero attached hydrogens (tertiary/aromatic N) is 1. The summed E-state index contributed by atoms with van der Waals surface area (Å²) in [6, 6.07) is 14.1. The highest BCUT2D eigenvalue weighted by Crippen LogP contribution is 2.31. The molecule has 0 bridgehead atoms. The molecule has 0 fully saturated rings. The maximum Gasteiger partial charge on any atom is 0.171 e. The molecule has 0 amide bonds. The first-order valence-corrected chi connectivity index (χ1v) is 7.48.